The number of aliphatic imine (C=N–C) groups is 1. The third-order valence-electron chi connectivity index (χ3n) is 4.38. The van der Waals surface area contributed by atoms with E-state index in [2.05, 4.69) is 15.6 Å². The van der Waals surface area contributed by atoms with Crippen LogP contribution in [0.2, 0.25) is 5.02 Å². The number of guanidine groups is 1. The summed E-state index contributed by atoms with van der Waals surface area (Å²) in [5.74, 6) is -1.97. The number of rotatable bonds is 3. The molecule has 2 aliphatic heterocycles. The highest BCUT2D eigenvalue weighted by atomic mass is 35.5. The van der Waals surface area contributed by atoms with Gasteiger partial charge in [0, 0.05) is 6.54 Å². The molecule has 0 bridgehead atoms. The standard InChI is InChI=1S/C17H15ClFN5O4S/c18-11-3-1-2-10-7-21-17(22-15(10)11)20-6-9-4-12(19)16(13(25)5-9)24-8-14(26)23-29(24,27)28/h1-5,25H,6-8H2,(H,23,26)(H2,20,21,22). The Morgan fingerprint density at radius 3 is 2.83 bits per heavy atom. The summed E-state index contributed by atoms with van der Waals surface area (Å²) in [6.45, 7) is -0.0940. The first-order chi connectivity index (χ1) is 13.7. The second kappa shape index (κ2) is 7.08. The molecule has 0 unspecified atom stereocenters. The molecule has 1 amide bonds. The van der Waals surface area contributed by atoms with Gasteiger partial charge in [-0.05, 0) is 29.3 Å². The lowest BCUT2D eigenvalue weighted by Gasteiger charge is -2.21. The SMILES string of the molecule is O=C1CN(c2c(O)cc(CNC3=NCc4cccc(Cl)c4N3)cc2F)S(=O)(=O)N1. The topological polar surface area (TPSA) is 123 Å². The number of nitrogens with zero attached hydrogens (tertiary/aromatic N) is 2. The Kier molecular flexibility index (Phi) is 4.71. The molecule has 1 fully saturated rings. The highest BCUT2D eigenvalue weighted by molar-refractivity contribution is 7.92. The molecule has 2 aromatic rings. The minimum absolute atomic E-state index is 0.0975. The molecule has 4 rings (SSSR count). The van der Waals surface area contributed by atoms with Crippen LogP contribution in [0.25, 0.3) is 0 Å². The van der Waals surface area contributed by atoms with Gasteiger partial charge in [0.25, 0.3) is 5.91 Å². The number of fused-ring (bicyclic) bond motifs is 1. The number of nitrogens with one attached hydrogen (secondary N) is 3. The molecular formula is C17H15ClFN5O4S. The summed E-state index contributed by atoms with van der Waals surface area (Å²) in [5.41, 5.74) is 1.42. The average molecular weight is 440 g/mol. The number of aromatic hydroxyl groups is 1. The molecule has 152 valence electrons. The fourth-order valence-corrected chi connectivity index (χ4v) is 4.49. The van der Waals surface area contributed by atoms with E-state index in [-0.39, 0.29) is 6.54 Å². The van der Waals surface area contributed by atoms with Crippen LogP contribution in [0.5, 0.6) is 5.75 Å². The van der Waals surface area contributed by atoms with Crippen molar-refractivity contribution in [3.63, 3.8) is 0 Å². The quantitative estimate of drug-likeness (QED) is 0.574. The van der Waals surface area contributed by atoms with Crippen molar-refractivity contribution in [2.45, 2.75) is 13.1 Å². The lowest BCUT2D eigenvalue weighted by molar-refractivity contribution is -0.117. The van der Waals surface area contributed by atoms with E-state index in [1.807, 2.05) is 12.1 Å². The molecule has 29 heavy (non-hydrogen) atoms. The molecule has 0 spiro atoms. The smallest absolute Gasteiger partial charge is 0.326 e. The predicted molar refractivity (Wildman–Crippen MR) is 106 cm³/mol. The third-order valence-corrected chi connectivity index (χ3v) is 6.08. The molecule has 2 aromatic carbocycles. The van der Waals surface area contributed by atoms with E-state index in [0.717, 1.165) is 17.3 Å². The molecule has 9 nitrogen and oxygen atoms in total. The Morgan fingerprint density at radius 1 is 1.34 bits per heavy atom. The van der Waals surface area contributed by atoms with Gasteiger partial charge in [-0.15, -0.1) is 0 Å². The van der Waals surface area contributed by atoms with Crippen molar-refractivity contribution in [2.24, 2.45) is 4.99 Å². The molecule has 2 heterocycles. The van der Waals surface area contributed by atoms with Gasteiger partial charge >= 0.3 is 10.2 Å². The minimum Gasteiger partial charge on any atom is -0.506 e. The normalized spacial score (nSPS) is 17.2. The molecule has 0 radical (unpaired) electrons. The van der Waals surface area contributed by atoms with E-state index in [9.17, 15) is 22.7 Å². The number of hydrogen-bond donors (Lipinski definition) is 4. The number of amides is 1. The van der Waals surface area contributed by atoms with Crippen LogP contribution in [0.4, 0.5) is 15.8 Å². The Bertz CT molecular complexity index is 1130. The van der Waals surface area contributed by atoms with Crippen molar-refractivity contribution in [3.8, 4) is 5.75 Å². The molecule has 0 atom stereocenters. The third kappa shape index (κ3) is 3.66. The molecule has 0 aliphatic carbocycles. The Hall–Kier alpha value is -3.05. The summed E-state index contributed by atoms with van der Waals surface area (Å²) in [6.07, 6.45) is 0. The van der Waals surface area contributed by atoms with Gasteiger partial charge in [0.2, 0.25) is 0 Å². The number of carbonyl (C=O) groups is 1. The van der Waals surface area contributed by atoms with Crippen molar-refractivity contribution >= 4 is 45.1 Å². The van der Waals surface area contributed by atoms with Crippen molar-refractivity contribution in [1.82, 2.24) is 10.0 Å². The largest absolute Gasteiger partial charge is 0.506 e. The minimum atomic E-state index is -4.23. The maximum Gasteiger partial charge on any atom is 0.326 e. The lowest BCUT2D eigenvalue weighted by Crippen LogP contribution is -2.33. The molecule has 0 saturated carbocycles. The number of para-hydroxylation sites is 1. The van der Waals surface area contributed by atoms with Crippen molar-refractivity contribution < 1.29 is 22.7 Å². The van der Waals surface area contributed by atoms with Gasteiger partial charge in [-0.25, -0.2) is 18.4 Å². The zero-order valence-electron chi connectivity index (χ0n) is 14.7. The van der Waals surface area contributed by atoms with E-state index in [0.29, 0.717) is 27.4 Å². The van der Waals surface area contributed by atoms with Gasteiger partial charge in [-0.3, -0.25) is 4.79 Å². The van der Waals surface area contributed by atoms with Crippen LogP contribution in [0, 0.1) is 5.82 Å². The molecule has 4 N–H and O–H groups in total. The van der Waals surface area contributed by atoms with E-state index in [1.165, 1.54) is 6.07 Å². The van der Waals surface area contributed by atoms with Crippen LogP contribution in [0.1, 0.15) is 11.1 Å². The predicted octanol–water partition coefficient (Wildman–Crippen LogP) is 1.44. The van der Waals surface area contributed by atoms with Crippen molar-refractivity contribution in [3.05, 3.63) is 52.3 Å². The van der Waals surface area contributed by atoms with Crippen LogP contribution in [0.15, 0.2) is 35.3 Å². The van der Waals surface area contributed by atoms with Crippen LogP contribution >= 0.6 is 11.6 Å². The molecule has 0 aromatic heterocycles. The summed E-state index contributed by atoms with van der Waals surface area (Å²) in [7, 11) is -4.23. The van der Waals surface area contributed by atoms with Crippen molar-refractivity contribution in [2.75, 3.05) is 16.2 Å². The number of phenols is 1. The highest BCUT2D eigenvalue weighted by Crippen LogP contribution is 2.34. The number of hydrogen-bond acceptors (Lipinski definition) is 7. The Balaban J connectivity index is 1.51. The van der Waals surface area contributed by atoms with Gasteiger partial charge in [0.15, 0.2) is 11.8 Å². The van der Waals surface area contributed by atoms with Gasteiger partial charge in [0.05, 0.1) is 17.3 Å². The van der Waals surface area contributed by atoms with Crippen LogP contribution in [-0.2, 0) is 28.1 Å². The summed E-state index contributed by atoms with van der Waals surface area (Å²) in [4.78, 5) is 15.7. The summed E-state index contributed by atoms with van der Waals surface area (Å²) in [5, 5.41) is 16.8. The maximum atomic E-state index is 14.6. The van der Waals surface area contributed by atoms with Crippen LogP contribution in [0.3, 0.4) is 0 Å². The number of carbonyl (C=O) groups excluding carboxylic acids is 1. The van der Waals surface area contributed by atoms with E-state index in [1.54, 1.807) is 10.8 Å². The summed E-state index contributed by atoms with van der Waals surface area (Å²) >= 11 is 6.17. The fraction of sp³-hybridized carbons (Fsp3) is 0.176. The first kappa shape index (κ1) is 19.3. The highest BCUT2D eigenvalue weighted by Gasteiger charge is 2.37. The zero-order chi connectivity index (χ0) is 20.8. The number of benzene rings is 2. The van der Waals surface area contributed by atoms with Gasteiger partial charge < -0.3 is 15.7 Å². The first-order valence-corrected chi connectivity index (χ1v) is 10.2. The Morgan fingerprint density at radius 2 is 2.14 bits per heavy atom. The van der Waals surface area contributed by atoms with Gasteiger partial charge in [-0.1, -0.05) is 23.7 Å². The second-order valence-corrected chi connectivity index (χ2v) is 8.40. The summed E-state index contributed by atoms with van der Waals surface area (Å²) in [6, 6.07) is 7.76. The molecule has 1 saturated heterocycles. The monoisotopic (exact) mass is 439 g/mol. The van der Waals surface area contributed by atoms with Crippen LogP contribution < -0.4 is 19.7 Å². The first-order valence-electron chi connectivity index (χ1n) is 8.42. The number of anilines is 2. The Labute approximate surface area is 170 Å². The lowest BCUT2D eigenvalue weighted by atomic mass is 10.1. The zero-order valence-corrected chi connectivity index (χ0v) is 16.3. The summed E-state index contributed by atoms with van der Waals surface area (Å²) < 4.78 is 40.6. The fourth-order valence-electron chi connectivity index (χ4n) is 3.08. The molecular weight excluding hydrogens is 425 g/mol. The van der Waals surface area contributed by atoms with E-state index >= 15 is 0 Å². The van der Waals surface area contributed by atoms with Gasteiger partial charge in [0.1, 0.15) is 18.0 Å². The average Bonchev–Trinajstić information content (AvgIpc) is 2.92. The number of halogens is 2. The molecule has 2 aliphatic rings. The van der Waals surface area contributed by atoms with Crippen molar-refractivity contribution in [1.29, 1.82) is 0 Å². The number of phenolic OH excluding ortho intramolecular Hbond substituents is 1. The van der Waals surface area contributed by atoms with E-state index < -0.39 is 39.9 Å². The van der Waals surface area contributed by atoms with Crippen LogP contribution in [-0.4, -0.2) is 31.9 Å². The molecule has 12 heteroatoms. The van der Waals surface area contributed by atoms with E-state index in [4.69, 9.17) is 11.6 Å². The maximum absolute atomic E-state index is 14.6. The van der Waals surface area contributed by atoms with Gasteiger partial charge in [-0.2, -0.15) is 8.42 Å². The second-order valence-electron chi connectivity index (χ2n) is 6.40.